The van der Waals surface area contributed by atoms with Gasteiger partial charge in [-0.2, -0.15) is 0 Å². The third kappa shape index (κ3) is 5.24. The van der Waals surface area contributed by atoms with Crippen LogP contribution in [0, 0.1) is 6.92 Å². The molecule has 31 heavy (non-hydrogen) atoms. The van der Waals surface area contributed by atoms with E-state index in [1.807, 2.05) is 49.4 Å². The second kappa shape index (κ2) is 9.49. The number of aromatic nitrogens is 2. The Bertz CT molecular complexity index is 1050. The number of imidazole rings is 1. The van der Waals surface area contributed by atoms with Crippen LogP contribution in [0.4, 0.5) is 5.69 Å². The highest BCUT2D eigenvalue weighted by molar-refractivity contribution is 5.94. The smallest absolute Gasteiger partial charge is 0.262 e. The Morgan fingerprint density at radius 2 is 1.87 bits per heavy atom. The predicted molar refractivity (Wildman–Crippen MR) is 123 cm³/mol. The minimum atomic E-state index is -0.189. The van der Waals surface area contributed by atoms with Crippen LogP contribution in [0.1, 0.15) is 18.3 Å². The number of benzene rings is 2. The van der Waals surface area contributed by atoms with Gasteiger partial charge in [0.15, 0.2) is 6.61 Å². The van der Waals surface area contributed by atoms with Gasteiger partial charge in [-0.1, -0.05) is 19.1 Å². The number of amides is 1. The minimum Gasteiger partial charge on any atom is -0.484 e. The molecule has 164 valence electrons. The number of fused-ring (bicyclic) bond motifs is 1. The largest absolute Gasteiger partial charge is 0.484 e. The van der Waals surface area contributed by atoms with Crippen LogP contribution in [-0.4, -0.2) is 64.6 Å². The molecule has 4 rings (SSSR count). The Balaban J connectivity index is 1.38. The summed E-state index contributed by atoms with van der Waals surface area (Å²) in [5.41, 5.74) is 3.78. The average Bonchev–Trinajstić information content (AvgIpc) is 3.07. The summed E-state index contributed by atoms with van der Waals surface area (Å²) >= 11 is 0. The Morgan fingerprint density at radius 1 is 1.10 bits per heavy atom. The number of nitrogens with one attached hydrogen (secondary N) is 1. The van der Waals surface area contributed by atoms with Crippen molar-refractivity contribution in [2.45, 2.75) is 20.4 Å². The van der Waals surface area contributed by atoms with E-state index in [9.17, 15) is 4.79 Å². The minimum absolute atomic E-state index is 0.0291. The van der Waals surface area contributed by atoms with Crippen molar-refractivity contribution in [2.24, 2.45) is 7.05 Å². The molecule has 1 amide bonds. The molecule has 0 spiro atoms. The molecule has 0 unspecified atom stereocenters. The average molecular weight is 422 g/mol. The van der Waals surface area contributed by atoms with E-state index >= 15 is 0 Å². The zero-order chi connectivity index (χ0) is 21.8. The summed E-state index contributed by atoms with van der Waals surface area (Å²) < 4.78 is 7.74. The first kappa shape index (κ1) is 21.3. The maximum Gasteiger partial charge on any atom is 0.262 e. The number of carbonyl (C=O) groups is 1. The van der Waals surface area contributed by atoms with E-state index in [0.717, 1.165) is 67.4 Å². The van der Waals surface area contributed by atoms with Crippen molar-refractivity contribution in [3.63, 3.8) is 0 Å². The molecule has 0 aliphatic carbocycles. The molecule has 2 aromatic carbocycles. The van der Waals surface area contributed by atoms with E-state index in [1.165, 1.54) is 0 Å². The van der Waals surface area contributed by atoms with Gasteiger partial charge in [0, 0.05) is 38.9 Å². The molecule has 2 heterocycles. The van der Waals surface area contributed by atoms with Crippen molar-refractivity contribution in [1.29, 1.82) is 0 Å². The standard InChI is InChI=1S/C24H31N5O2/c1-4-28-10-12-29(13-11-28)16-23-26-21-15-19(8-9-22(21)27(23)3)25-24(30)17-31-20-7-5-6-18(2)14-20/h5-9,14-15H,4,10-13,16-17H2,1-3H3,(H,25,30). The second-order valence-electron chi connectivity index (χ2n) is 8.15. The highest BCUT2D eigenvalue weighted by atomic mass is 16.5. The van der Waals surface area contributed by atoms with Gasteiger partial charge in [-0.25, -0.2) is 4.98 Å². The number of anilines is 1. The molecule has 1 aliphatic rings. The Labute approximate surface area is 183 Å². The summed E-state index contributed by atoms with van der Waals surface area (Å²) in [6.07, 6.45) is 0. The molecule has 1 aliphatic heterocycles. The van der Waals surface area contributed by atoms with E-state index in [1.54, 1.807) is 0 Å². The third-order valence-corrected chi connectivity index (χ3v) is 5.89. The lowest BCUT2D eigenvalue weighted by Crippen LogP contribution is -2.45. The molecule has 1 saturated heterocycles. The van der Waals surface area contributed by atoms with Crippen LogP contribution in [0.2, 0.25) is 0 Å². The molecule has 7 heteroatoms. The lowest BCUT2D eigenvalue weighted by atomic mass is 10.2. The topological polar surface area (TPSA) is 62.6 Å². The van der Waals surface area contributed by atoms with Crippen LogP contribution in [-0.2, 0) is 18.4 Å². The van der Waals surface area contributed by atoms with Crippen molar-refractivity contribution < 1.29 is 9.53 Å². The molecule has 3 aromatic rings. The third-order valence-electron chi connectivity index (χ3n) is 5.89. The second-order valence-corrected chi connectivity index (χ2v) is 8.15. The SMILES string of the molecule is CCN1CCN(Cc2nc3cc(NC(=O)COc4cccc(C)c4)ccc3n2C)CC1. The molecule has 0 atom stereocenters. The number of likely N-dealkylation sites (N-methyl/N-ethyl adjacent to an activating group) is 1. The van der Waals surface area contributed by atoms with Gasteiger partial charge in [-0.05, 0) is 49.4 Å². The Hall–Kier alpha value is -2.90. The van der Waals surface area contributed by atoms with Gasteiger partial charge in [0.2, 0.25) is 0 Å². The number of aryl methyl sites for hydroxylation is 2. The summed E-state index contributed by atoms with van der Waals surface area (Å²) in [5.74, 6) is 1.55. The first-order chi connectivity index (χ1) is 15.0. The van der Waals surface area contributed by atoms with E-state index < -0.39 is 0 Å². The summed E-state index contributed by atoms with van der Waals surface area (Å²) in [4.78, 5) is 22.1. The van der Waals surface area contributed by atoms with Crippen LogP contribution >= 0.6 is 0 Å². The van der Waals surface area contributed by atoms with E-state index in [2.05, 4.69) is 33.7 Å². The fourth-order valence-electron chi connectivity index (χ4n) is 3.98. The van der Waals surface area contributed by atoms with Crippen molar-refractivity contribution >= 4 is 22.6 Å². The lowest BCUT2D eigenvalue weighted by Gasteiger charge is -2.33. The highest BCUT2D eigenvalue weighted by Crippen LogP contribution is 2.21. The quantitative estimate of drug-likeness (QED) is 0.635. The fourth-order valence-corrected chi connectivity index (χ4v) is 3.98. The maximum atomic E-state index is 12.3. The van der Waals surface area contributed by atoms with Gasteiger partial charge >= 0.3 is 0 Å². The van der Waals surface area contributed by atoms with Gasteiger partial charge in [0.05, 0.1) is 17.6 Å². The number of rotatable bonds is 7. The van der Waals surface area contributed by atoms with Gasteiger partial charge in [-0.3, -0.25) is 9.69 Å². The van der Waals surface area contributed by atoms with Crippen LogP contribution in [0.15, 0.2) is 42.5 Å². The summed E-state index contributed by atoms with van der Waals surface area (Å²) in [6, 6.07) is 13.5. The monoisotopic (exact) mass is 421 g/mol. The predicted octanol–water partition coefficient (Wildman–Crippen LogP) is 3.04. The van der Waals surface area contributed by atoms with Gasteiger partial charge in [0.1, 0.15) is 11.6 Å². The molecule has 0 radical (unpaired) electrons. The van der Waals surface area contributed by atoms with Crippen molar-refractivity contribution in [3.8, 4) is 5.75 Å². The van der Waals surface area contributed by atoms with E-state index in [-0.39, 0.29) is 12.5 Å². The normalized spacial score (nSPS) is 15.3. The van der Waals surface area contributed by atoms with Gasteiger partial charge in [0.25, 0.3) is 5.91 Å². The zero-order valence-corrected chi connectivity index (χ0v) is 18.6. The van der Waals surface area contributed by atoms with Crippen molar-refractivity contribution in [2.75, 3.05) is 44.6 Å². The summed E-state index contributed by atoms with van der Waals surface area (Å²) in [7, 11) is 2.06. The molecular weight excluding hydrogens is 390 g/mol. The van der Waals surface area contributed by atoms with Crippen molar-refractivity contribution in [3.05, 3.63) is 53.9 Å². The molecule has 7 nitrogen and oxygen atoms in total. The molecule has 0 saturated carbocycles. The maximum absolute atomic E-state index is 12.3. The molecule has 1 N–H and O–H groups in total. The number of hydrogen-bond acceptors (Lipinski definition) is 5. The number of nitrogens with zero attached hydrogens (tertiary/aromatic N) is 4. The van der Waals surface area contributed by atoms with Crippen LogP contribution < -0.4 is 10.1 Å². The Kier molecular flexibility index (Phi) is 6.53. The zero-order valence-electron chi connectivity index (χ0n) is 18.6. The highest BCUT2D eigenvalue weighted by Gasteiger charge is 2.18. The van der Waals surface area contributed by atoms with Crippen LogP contribution in [0.25, 0.3) is 11.0 Å². The van der Waals surface area contributed by atoms with Crippen LogP contribution in [0.5, 0.6) is 5.75 Å². The summed E-state index contributed by atoms with van der Waals surface area (Å²) in [6.45, 7) is 10.5. The Morgan fingerprint density at radius 3 is 2.61 bits per heavy atom. The number of hydrogen-bond donors (Lipinski definition) is 1. The molecule has 1 fully saturated rings. The molecule has 1 aromatic heterocycles. The van der Waals surface area contributed by atoms with Gasteiger partial charge < -0.3 is 19.5 Å². The number of piperazine rings is 1. The lowest BCUT2D eigenvalue weighted by molar-refractivity contribution is -0.118. The van der Waals surface area contributed by atoms with E-state index in [4.69, 9.17) is 9.72 Å². The number of carbonyl (C=O) groups excluding carboxylic acids is 1. The summed E-state index contributed by atoms with van der Waals surface area (Å²) in [5, 5.41) is 2.91. The van der Waals surface area contributed by atoms with Crippen LogP contribution in [0.3, 0.4) is 0 Å². The fraction of sp³-hybridized carbons (Fsp3) is 0.417. The molecular formula is C24H31N5O2. The first-order valence-electron chi connectivity index (χ1n) is 10.9. The number of ether oxygens (including phenoxy) is 1. The first-order valence-corrected chi connectivity index (χ1v) is 10.9. The van der Waals surface area contributed by atoms with Gasteiger partial charge in [-0.15, -0.1) is 0 Å². The molecule has 0 bridgehead atoms. The van der Waals surface area contributed by atoms with E-state index in [0.29, 0.717) is 5.75 Å². The van der Waals surface area contributed by atoms with Crippen molar-refractivity contribution in [1.82, 2.24) is 19.4 Å².